The quantitative estimate of drug-likeness (QED) is 0.514. The monoisotopic (exact) mass is 505 g/mol. The van der Waals surface area contributed by atoms with Gasteiger partial charge in [0.2, 0.25) is 0 Å². The van der Waals surface area contributed by atoms with Crippen LogP contribution in [0.15, 0.2) is 30.6 Å². The molecule has 3 aliphatic carbocycles. The maximum absolute atomic E-state index is 16.0. The third-order valence-electron chi connectivity index (χ3n) is 8.44. The zero-order chi connectivity index (χ0) is 25.9. The van der Waals surface area contributed by atoms with Crippen LogP contribution in [0.2, 0.25) is 0 Å². The van der Waals surface area contributed by atoms with Gasteiger partial charge in [0.05, 0.1) is 29.7 Å². The number of phenolic OH excluding ortho intramolecular Hbond substituents is 1. The Hall–Kier alpha value is -3.61. The zero-order valence-corrected chi connectivity index (χ0v) is 20.9. The maximum atomic E-state index is 16.0. The molecule has 0 unspecified atom stereocenters. The number of benzene rings is 1. The van der Waals surface area contributed by atoms with Gasteiger partial charge in [-0.1, -0.05) is 20.3 Å². The molecule has 0 aliphatic heterocycles. The molecule has 192 valence electrons. The zero-order valence-electron chi connectivity index (χ0n) is 20.9. The molecule has 3 aliphatic rings. The van der Waals surface area contributed by atoms with Crippen LogP contribution >= 0.6 is 0 Å². The van der Waals surface area contributed by atoms with Gasteiger partial charge in [-0.2, -0.15) is 10.4 Å². The van der Waals surface area contributed by atoms with Crippen LogP contribution < -0.4 is 4.90 Å². The Morgan fingerprint density at radius 1 is 1.22 bits per heavy atom. The van der Waals surface area contributed by atoms with Crippen LogP contribution in [0.1, 0.15) is 64.5 Å². The Kier molecular flexibility index (Phi) is 5.44. The molecule has 0 spiro atoms. The molecule has 2 bridgehead atoms. The number of anilines is 1. The summed E-state index contributed by atoms with van der Waals surface area (Å²) < 4.78 is 31.0. The number of hydrogen-bond donors (Lipinski definition) is 1. The molecule has 1 N–H and O–H groups in total. The summed E-state index contributed by atoms with van der Waals surface area (Å²) in [7, 11) is 0. The number of alkyl halides is 1. The van der Waals surface area contributed by atoms with Gasteiger partial charge in [-0.25, -0.2) is 18.4 Å². The number of aromatic hydroxyl groups is 1. The standard InChI is InChI=1S/C27H29F2N7O/c1-26-8-3-9-27(2,15-26)24(29)21(11-26)36(16-4-5-16)23-13-31-25(33-32-23)18-7-6-17(10-22(18)37)35-14-19(28)20(12-30)34-35/h6-7,10,13-14,16,21,24,37H,3-5,8-9,11,15H2,1-2H3/t21-,24-,26-,27-/m1/s1. The third kappa shape index (κ3) is 4.10. The first-order chi connectivity index (χ1) is 17.7. The average molecular weight is 506 g/mol. The Balaban J connectivity index is 1.28. The largest absolute Gasteiger partial charge is 0.507 e. The maximum Gasteiger partial charge on any atom is 0.198 e. The lowest BCUT2D eigenvalue weighted by atomic mass is 9.54. The van der Waals surface area contributed by atoms with Crippen LogP contribution in [-0.2, 0) is 0 Å². The SMILES string of the molecule is C[C@]12CCC[C@](C)(C1)[C@H](F)[C@H](N(c1cnc(-c3ccc(-n4cc(F)c(C#N)n4)cc3O)nn1)C1CC1)C2. The van der Waals surface area contributed by atoms with Crippen molar-refractivity contribution in [2.24, 2.45) is 10.8 Å². The van der Waals surface area contributed by atoms with Crippen molar-refractivity contribution in [2.45, 2.75) is 77.0 Å². The Morgan fingerprint density at radius 3 is 2.68 bits per heavy atom. The number of aromatic nitrogens is 5. The molecule has 10 heteroatoms. The molecule has 1 aromatic carbocycles. The first-order valence-electron chi connectivity index (χ1n) is 12.8. The van der Waals surface area contributed by atoms with E-state index in [1.807, 2.05) is 0 Å². The van der Waals surface area contributed by atoms with Gasteiger partial charge >= 0.3 is 0 Å². The van der Waals surface area contributed by atoms with Crippen LogP contribution in [0.5, 0.6) is 5.75 Å². The number of nitriles is 1. The molecule has 3 aromatic rings. The number of phenols is 1. The van der Waals surface area contributed by atoms with Crippen LogP contribution in [0, 0.1) is 28.0 Å². The second kappa shape index (κ2) is 8.47. The van der Waals surface area contributed by atoms with Gasteiger partial charge in [-0.05, 0) is 56.1 Å². The highest BCUT2D eigenvalue weighted by atomic mass is 19.1. The molecule has 0 radical (unpaired) electrons. The number of hydrogen-bond acceptors (Lipinski definition) is 7. The molecule has 3 saturated carbocycles. The van der Waals surface area contributed by atoms with E-state index in [0.29, 0.717) is 17.1 Å². The second-order valence-electron chi connectivity index (χ2n) is 11.5. The Morgan fingerprint density at radius 2 is 2.03 bits per heavy atom. The van der Waals surface area contributed by atoms with E-state index < -0.39 is 12.0 Å². The average Bonchev–Trinajstić information content (AvgIpc) is 3.63. The summed E-state index contributed by atoms with van der Waals surface area (Å²) in [5, 5.41) is 32.2. The molecule has 37 heavy (non-hydrogen) atoms. The van der Waals surface area contributed by atoms with Gasteiger partial charge in [0.1, 0.15) is 18.0 Å². The lowest BCUT2D eigenvalue weighted by Crippen LogP contribution is -2.58. The van der Waals surface area contributed by atoms with E-state index in [-0.39, 0.29) is 40.2 Å². The van der Waals surface area contributed by atoms with Gasteiger partial charge in [-0.3, -0.25) is 0 Å². The van der Waals surface area contributed by atoms with Crippen molar-refractivity contribution in [3.8, 4) is 28.9 Å². The summed E-state index contributed by atoms with van der Waals surface area (Å²) in [4.78, 5) is 6.60. The molecule has 0 saturated heterocycles. The predicted octanol–water partition coefficient (Wildman–Crippen LogP) is 5.11. The van der Waals surface area contributed by atoms with Crippen molar-refractivity contribution in [1.29, 1.82) is 5.26 Å². The highest BCUT2D eigenvalue weighted by molar-refractivity contribution is 5.66. The highest BCUT2D eigenvalue weighted by Gasteiger charge is 2.56. The number of halogens is 2. The fraction of sp³-hybridized carbons (Fsp3) is 0.519. The van der Waals surface area contributed by atoms with Crippen LogP contribution in [0.25, 0.3) is 17.1 Å². The van der Waals surface area contributed by atoms with Gasteiger partial charge in [0.15, 0.2) is 23.2 Å². The normalized spacial score (nSPS) is 29.1. The first-order valence-corrected chi connectivity index (χ1v) is 12.8. The summed E-state index contributed by atoms with van der Waals surface area (Å²) in [5.74, 6) is -0.0813. The minimum atomic E-state index is -0.937. The number of nitrogens with zero attached hydrogens (tertiary/aromatic N) is 7. The van der Waals surface area contributed by atoms with E-state index in [1.54, 1.807) is 24.4 Å². The lowest BCUT2D eigenvalue weighted by Gasteiger charge is -2.56. The number of fused-ring (bicyclic) bond motifs is 2. The molecule has 6 rings (SSSR count). The molecule has 0 amide bonds. The van der Waals surface area contributed by atoms with Crippen molar-refractivity contribution >= 4 is 5.82 Å². The van der Waals surface area contributed by atoms with E-state index in [1.165, 1.54) is 10.7 Å². The van der Waals surface area contributed by atoms with Gasteiger partial charge in [0, 0.05) is 17.5 Å². The molecule has 2 heterocycles. The van der Waals surface area contributed by atoms with Gasteiger partial charge in [0.25, 0.3) is 0 Å². The predicted molar refractivity (Wildman–Crippen MR) is 132 cm³/mol. The van der Waals surface area contributed by atoms with Crippen molar-refractivity contribution in [3.05, 3.63) is 42.1 Å². The second-order valence-corrected chi connectivity index (χ2v) is 11.5. The summed E-state index contributed by atoms with van der Waals surface area (Å²) in [6, 6.07) is 6.28. The Labute approximate surface area is 214 Å². The summed E-state index contributed by atoms with van der Waals surface area (Å²) in [5.41, 5.74) is 0.220. The fourth-order valence-corrected chi connectivity index (χ4v) is 6.70. The van der Waals surface area contributed by atoms with Gasteiger partial charge in [-0.15, -0.1) is 10.2 Å². The highest BCUT2D eigenvalue weighted by Crippen LogP contribution is 2.58. The van der Waals surface area contributed by atoms with Gasteiger partial charge < -0.3 is 10.0 Å². The smallest absolute Gasteiger partial charge is 0.198 e. The van der Waals surface area contributed by atoms with Crippen molar-refractivity contribution in [2.75, 3.05) is 4.90 Å². The third-order valence-corrected chi connectivity index (χ3v) is 8.44. The molecule has 3 fully saturated rings. The fourth-order valence-electron chi connectivity index (χ4n) is 6.70. The Bertz CT molecular complexity index is 1380. The van der Waals surface area contributed by atoms with E-state index in [2.05, 4.69) is 39.0 Å². The topological polar surface area (TPSA) is 104 Å². The molecular weight excluding hydrogens is 476 g/mol. The molecule has 2 aromatic heterocycles. The summed E-state index contributed by atoms with van der Waals surface area (Å²) in [6.07, 6.45) is 8.62. The van der Waals surface area contributed by atoms with E-state index >= 15 is 4.39 Å². The van der Waals surface area contributed by atoms with Crippen molar-refractivity contribution < 1.29 is 13.9 Å². The summed E-state index contributed by atoms with van der Waals surface area (Å²) in [6.45, 7) is 4.40. The summed E-state index contributed by atoms with van der Waals surface area (Å²) >= 11 is 0. The molecule has 4 atom stereocenters. The van der Waals surface area contributed by atoms with Crippen LogP contribution in [0.4, 0.5) is 14.6 Å². The van der Waals surface area contributed by atoms with Crippen molar-refractivity contribution in [3.63, 3.8) is 0 Å². The first kappa shape index (κ1) is 23.8. The van der Waals surface area contributed by atoms with E-state index in [4.69, 9.17) is 5.26 Å². The van der Waals surface area contributed by atoms with E-state index in [0.717, 1.165) is 51.1 Å². The van der Waals surface area contributed by atoms with Crippen LogP contribution in [-0.4, -0.2) is 48.3 Å². The minimum Gasteiger partial charge on any atom is -0.507 e. The number of rotatable bonds is 5. The van der Waals surface area contributed by atoms with E-state index in [9.17, 15) is 9.50 Å². The molecular formula is C27H29F2N7O. The molecule has 8 nitrogen and oxygen atoms in total. The van der Waals surface area contributed by atoms with Crippen molar-refractivity contribution in [1.82, 2.24) is 25.0 Å². The van der Waals surface area contributed by atoms with Crippen LogP contribution in [0.3, 0.4) is 0 Å². The minimum absolute atomic E-state index is 0.132. The lowest BCUT2D eigenvalue weighted by molar-refractivity contribution is -0.0554.